The maximum atomic E-state index is 3.36. The summed E-state index contributed by atoms with van der Waals surface area (Å²) in [5, 5.41) is 2.67. The number of hydrogen-bond donors (Lipinski definition) is 0. The number of nitrogens with one attached hydrogen (secondary N) is 1. The molecule has 2 aromatic carbocycles. The van der Waals surface area contributed by atoms with Gasteiger partial charge in [-0.2, -0.15) is 0 Å². The fourth-order valence-corrected chi connectivity index (χ4v) is 5.59. The second-order valence-corrected chi connectivity index (χ2v) is 11.6. The highest BCUT2D eigenvalue weighted by Crippen LogP contribution is 2.61. The van der Waals surface area contributed by atoms with Gasteiger partial charge in [-0.25, -0.2) is 4.98 Å². The van der Waals surface area contributed by atoms with Crippen LogP contribution in [0.1, 0.15) is 79.4 Å². The first-order valence-electron chi connectivity index (χ1n) is 11.8. The number of hydrogen-bond acceptors (Lipinski definition) is 0. The summed E-state index contributed by atoms with van der Waals surface area (Å²) >= 11 is 0. The molecule has 0 saturated carbocycles. The fraction of sp³-hybridized carbons (Fsp3) is 0.500. The van der Waals surface area contributed by atoms with Gasteiger partial charge in [0.1, 0.15) is 0 Å². The molecule has 0 aliphatic carbocycles. The van der Waals surface area contributed by atoms with E-state index in [0.717, 1.165) is 6.42 Å². The number of aryl methyl sites for hydroxylation is 1. The molecule has 31 heavy (non-hydrogen) atoms. The smallest absolute Gasteiger partial charge is 0.174 e. The van der Waals surface area contributed by atoms with Crippen LogP contribution < -0.4 is 4.98 Å². The van der Waals surface area contributed by atoms with E-state index in [4.69, 9.17) is 0 Å². The Morgan fingerprint density at radius 3 is 1.97 bits per heavy atom. The zero-order chi connectivity index (χ0) is 22.9. The Hall–Kier alpha value is -2.15. The number of benzene rings is 2. The summed E-state index contributed by atoms with van der Waals surface area (Å²) in [7, 11) is 0. The summed E-state index contributed by atoms with van der Waals surface area (Å²) < 4.78 is 0. The van der Waals surface area contributed by atoms with Gasteiger partial charge in [-0.1, -0.05) is 104 Å². The summed E-state index contributed by atoms with van der Waals surface area (Å²) in [6.07, 6.45) is 7.78. The van der Waals surface area contributed by atoms with E-state index in [2.05, 4.69) is 127 Å². The third kappa shape index (κ3) is 4.16. The van der Waals surface area contributed by atoms with Crippen molar-refractivity contribution >= 4 is 10.8 Å². The molecule has 0 radical (unpaired) electrons. The maximum absolute atomic E-state index is 3.36. The Labute approximate surface area is 190 Å². The van der Waals surface area contributed by atoms with E-state index in [9.17, 15) is 0 Å². The van der Waals surface area contributed by atoms with E-state index >= 15 is 0 Å². The summed E-state index contributed by atoms with van der Waals surface area (Å²) in [5.74, 6) is 0. The van der Waals surface area contributed by atoms with Crippen molar-refractivity contribution in [2.45, 2.75) is 80.1 Å². The standard InChI is InChI=1S/C30H41N/c1-27(2,3)30(8,29(6,7)28(4,5)25-17-10-9-11-18-25)20-14-16-24-22-31-21-23-15-12-13-19-26(23)24/h9-13,15,17-19,21-22H,14,16,20H2,1-8H3/p+1. The van der Waals surface area contributed by atoms with Crippen molar-refractivity contribution in [3.63, 3.8) is 0 Å². The van der Waals surface area contributed by atoms with Crippen LogP contribution in [0.5, 0.6) is 0 Å². The Kier molecular flexibility index (Phi) is 6.38. The van der Waals surface area contributed by atoms with Crippen LogP contribution in [0, 0.1) is 16.2 Å². The maximum Gasteiger partial charge on any atom is 0.174 e. The van der Waals surface area contributed by atoms with Crippen LogP contribution in [0.2, 0.25) is 0 Å². The molecular formula is C30H42N+. The molecular weight excluding hydrogens is 374 g/mol. The van der Waals surface area contributed by atoms with Crippen molar-refractivity contribution in [3.8, 4) is 0 Å². The summed E-state index contributed by atoms with van der Waals surface area (Å²) in [6.45, 7) is 19.7. The molecule has 1 heteroatoms. The lowest BCUT2D eigenvalue weighted by Gasteiger charge is -2.60. The highest BCUT2D eigenvalue weighted by atomic mass is 14.6. The van der Waals surface area contributed by atoms with E-state index in [1.165, 1.54) is 34.7 Å². The monoisotopic (exact) mass is 416 g/mol. The summed E-state index contributed by atoms with van der Waals surface area (Å²) in [6, 6.07) is 19.8. The Bertz CT molecular complexity index is 1000. The molecule has 3 aromatic rings. The molecule has 3 rings (SSSR count). The predicted molar refractivity (Wildman–Crippen MR) is 134 cm³/mol. The van der Waals surface area contributed by atoms with Crippen LogP contribution in [0.25, 0.3) is 10.8 Å². The predicted octanol–water partition coefficient (Wildman–Crippen LogP) is 8.03. The van der Waals surface area contributed by atoms with Crippen LogP contribution >= 0.6 is 0 Å². The van der Waals surface area contributed by atoms with Gasteiger partial charge in [-0.05, 0) is 57.9 Å². The minimum absolute atomic E-state index is 0.0590. The lowest BCUT2D eigenvalue weighted by Crippen LogP contribution is -2.54. The molecule has 0 fully saturated rings. The van der Waals surface area contributed by atoms with E-state index in [1.54, 1.807) is 0 Å². The number of pyridine rings is 1. The van der Waals surface area contributed by atoms with Crippen LogP contribution in [-0.2, 0) is 11.8 Å². The Morgan fingerprint density at radius 1 is 0.710 bits per heavy atom. The van der Waals surface area contributed by atoms with Crippen LogP contribution in [-0.4, -0.2) is 0 Å². The average Bonchev–Trinajstić information content (AvgIpc) is 2.73. The van der Waals surface area contributed by atoms with Crippen LogP contribution in [0.3, 0.4) is 0 Å². The molecule has 1 unspecified atom stereocenters. The van der Waals surface area contributed by atoms with Gasteiger partial charge in [0, 0.05) is 10.9 Å². The van der Waals surface area contributed by atoms with Crippen molar-refractivity contribution in [2.75, 3.05) is 0 Å². The van der Waals surface area contributed by atoms with E-state index < -0.39 is 0 Å². The number of rotatable bonds is 7. The molecule has 1 aromatic heterocycles. The normalized spacial score (nSPS) is 15.1. The van der Waals surface area contributed by atoms with E-state index in [1.807, 2.05) is 0 Å². The zero-order valence-corrected chi connectivity index (χ0v) is 21.0. The van der Waals surface area contributed by atoms with Gasteiger partial charge >= 0.3 is 0 Å². The van der Waals surface area contributed by atoms with Gasteiger partial charge < -0.3 is 0 Å². The highest BCUT2D eigenvalue weighted by molar-refractivity contribution is 5.83. The Balaban J connectivity index is 1.90. The highest BCUT2D eigenvalue weighted by Gasteiger charge is 2.55. The lowest BCUT2D eigenvalue weighted by atomic mass is 9.44. The van der Waals surface area contributed by atoms with E-state index in [-0.39, 0.29) is 21.7 Å². The minimum atomic E-state index is 0.0590. The van der Waals surface area contributed by atoms with Crippen LogP contribution in [0.4, 0.5) is 0 Å². The fourth-order valence-electron chi connectivity index (χ4n) is 5.59. The first kappa shape index (κ1) is 23.5. The molecule has 166 valence electrons. The number of H-pyrrole nitrogens is 1. The third-order valence-corrected chi connectivity index (χ3v) is 9.02. The number of aromatic amines is 1. The molecule has 1 nitrogen and oxygen atoms in total. The first-order valence-corrected chi connectivity index (χ1v) is 11.8. The molecule has 0 spiro atoms. The molecule has 0 aliphatic rings. The van der Waals surface area contributed by atoms with Gasteiger partial charge in [-0.15, -0.1) is 0 Å². The minimum Gasteiger partial charge on any atom is -0.217 e. The number of aromatic nitrogens is 1. The molecule has 0 aliphatic heterocycles. The molecule has 1 heterocycles. The Morgan fingerprint density at radius 2 is 1.32 bits per heavy atom. The quantitative estimate of drug-likeness (QED) is 0.370. The zero-order valence-electron chi connectivity index (χ0n) is 21.0. The van der Waals surface area contributed by atoms with Gasteiger partial charge in [0.25, 0.3) is 0 Å². The second-order valence-electron chi connectivity index (χ2n) is 11.6. The second kappa shape index (κ2) is 8.41. The summed E-state index contributed by atoms with van der Waals surface area (Å²) in [5.41, 5.74) is 3.36. The molecule has 0 saturated heterocycles. The van der Waals surface area contributed by atoms with Crippen molar-refractivity contribution in [3.05, 3.63) is 78.1 Å². The van der Waals surface area contributed by atoms with Gasteiger partial charge in [0.2, 0.25) is 0 Å². The topological polar surface area (TPSA) is 14.1 Å². The van der Waals surface area contributed by atoms with Gasteiger partial charge in [-0.3, -0.25) is 0 Å². The van der Waals surface area contributed by atoms with Gasteiger partial charge in [0.05, 0.1) is 0 Å². The van der Waals surface area contributed by atoms with Crippen molar-refractivity contribution in [1.82, 2.24) is 0 Å². The molecule has 1 N–H and O–H groups in total. The first-order chi connectivity index (χ1) is 14.4. The molecule has 1 atom stereocenters. The average molecular weight is 417 g/mol. The van der Waals surface area contributed by atoms with Crippen molar-refractivity contribution < 1.29 is 4.98 Å². The van der Waals surface area contributed by atoms with Crippen LogP contribution in [0.15, 0.2) is 67.0 Å². The van der Waals surface area contributed by atoms with Crippen molar-refractivity contribution in [2.24, 2.45) is 16.2 Å². The largest absolute Gasteiger partial charge is 0.217 e. The number of fused-ring (bicyclic) bond motifs is 1. The van der Waals surface area contributed by atoms with Gasteiger partial charge in [0.15, 0.2) is 12.4 Å². The van der Waals surface area contributed by atoms with E-state index in [0.29, 0.717) is 0 Å². The SMILES string of the molecule is CC(C)(C)C(C)(CCCc1c[nH+]cc2ccccc12)C(C)(C)C(C)(C)c1ccccc1. The molecule has 0 bridgehead atoms. The summed E-state index contributed by atoms with van der Waals surface area (Å²) in [4.78, 5) is 3.36. The molecule has 0 amide bonds. The lowest BCUT2D eigenvalue weighted by molar-refractivity contribution is -0.376. The van der Waals surface area contributed by atoms with Crippen molar-refractivity contribution in [1.29, 1.82) is 0 Å². The third-order valence-electron chi connectivity index (χ3n) is 9.02.